The Labute approximate surface area is 323 Å². The van der Waals surface area contributed by atoms with Crippen LogP contribution in [0.25, 0.3) is 79.5 Å². The lowest BCUT2D eigenvalue weighted by atomic mass is 10.0. The van der Waals surface area contributed by atoms with Crippen molar-refractivity contribution >= 4 is 11.8 Å². The van der Waals surface area contributed by atoms with Crippen LogP contribution in [0.3, 0.4) is 0 Å². The van der Waals surface area contributed by atoms with Crippen molar-refractivity contribution in [2.75, 3.05) is 0 Å². The molecule has 0 aliphatic carbocycles. The Morgan fingerprint density at radius 2 is 0.545 bits per heavy atom. The van der Waals surface area contributed by atoms with Gasteiger partial charge in [0.15, 0.2) is 34.9 Å². The first-order valence-corrected chi connectivity index (χ1v) is 18.8. The normalized spacial score (nSPS) is 11.0. The number of aromatic nitrogens is 6. The van der Waals surface area contributed by atoms with Crippen molar-refractivity contribution < 1.29 is 0 Å². The fourth-order valence-electron chi connectivity index (χ4n) is 6.26. The van der Waals surface area contributed by atoms with E-state index in [0.717, 1.165) is 54.3 Å². The summed E-state index contributed by atoms with van der Waals surface area (Å²) in [6.07, 6.45) is 0. The number of rotatable bonds is 9. The highest BCUT2D eigenvalue weighted by molar-refractivity contribution is 7.99. The van der Waals surface area contributed by atoms with Gasteiger partial charge in [-0.25, -0.2) is 29.9 Å². The van der Waals surface area contributed by atoms with Crippen LogP contribution in [0.2, 0.25) is 0 Å². The molecule has 260 valence electrons. The Morgan fingerprint density at radius 1 is 0.218 bits per heavy atom. The first-order valence-electron chi connectivity index (χ1n) is 17.9. The van der Waals surface area contributed by atoms with Gasteiger partial charge < -0.3 is 0 Å². The van der Waals surface area contributed by atoms with Crippen molar-refractivity contribution in [3.63, 3.8) is 0 Å². The quantitative estimate of drug-likeness (QED) is 0.147. The van der Waals surface area contributed by atoms with Crippen molar-refractivity contribution in [2.45, 2.75) is 9.79 Å². The van der Waals surface area contributed by atoms with E-state index in [1.807, 2.05) is 97.1 Å². The summed E-state index contributed by atoms with van der Waals surface area (Å²) in [5, 5.41) is 0. The van der Waals surface area contributed by atoms with E-state index < -0.39 is 0 Å². The standard InChI is InChI=1S/C48H32N6S/c1-5-15-33(16-6-1)38-23-13-24-39(31-38)47-52-45(36-21-11-4-12-22-36)53-48(54-47)40-25-14-26-42(32-40)55-41-29-27-37(28-30-41)46-50-43(34-17-7-2-8-18-34)49-44(51-46)35-19-9-3-10-20-35/h1-32H. The van der Waals surface area contributed by atoms with Gasteiger partial charge in [-0.2, -0.15) is 0 Å². The third-order valence-electron chi connectivity index (χ3n) is 9.04. The monoisotopic (exact) mass is 724 g/mol. The summed E-state index contributed by atoms with van der Waals surface area (Å²) in [6.45, 7) is 0. The van der Waals surface area contributed by atoms with E-state index in [0.29, 0.717) is 34.9 Å². The Hall–Kier alpha value is -7.09. The first-order chi connectivity index (χ1) is 27.2. The van der Waals surface area contributed by atoms with Gasteiger partial charge in [0.1, 0.15) is 0 Å². The molecule has 0 saturated carbocycles. The van der Waals surface area contributed by atoms with Gasteiger partial charge in [0.05, 0.1) is 0 Å². The zero-order valence-corrected chi connectivity index (χ0v) is 30.4. The largest absolute Gasteiger partial charge is 0.208 e. The second-order valence-electron chi connectivity index (χ2n) is 12.8. The van der Waals surface area contributed by atoms with Crippen LogP contribution in [0.15, 0.2) is 204 Å². The van der Waals surface area contributed by atoms with Gasteiger partial charge in [0, 0.05) is 43.2 Å². The zero-order valence-electron chi connectivity index (χ0n) is 29.6. The average molecular weight is 725 g/mol. The third kappa shape index (κ3) is 7.69. The maximum absolute atomic E-state index is 5.03. The smallest absolute Gasteiger partial charge is 0.164 e. The van der Waals surface area contributed by atoms with Crippen molar-refractivity contribution in [3.8, 4) is 79.5 Å². The molecule has 0 aliphatic rings. The molecule has 0 atom stereocenters. The number of benzene rings is 7. The topological polar surface area (TPSA) is 77.3 Å². The summed E-state index contributed by atoms with van der Waals surface area (Å²) >= 11 is 1.68. The molecule has 0 spiro atoms. The molecule has 0 saturated heterocycles. The van der Waals surface area contributed by atoms with Crippen molar-refractivity contribution in [1.29, 1.82) is 0 Å². The SMILES string of the molecule is c1ccc(-c2cccc(-c3nc(-c4ccccc4)nc(-c4cccc(Sc5ccc(-c6nc(-c7ccccc7)nc(-c7ccccc7)n6)cc5)c4)n3)c2)cc1. The Kier molecular flexibility index (Phi) is 9.49. The fourth-order valence-corrected chi connectivity index (χ4v) is 7.14. The van der Waals surface area contributed by atoms with E-state index in [-0.39, 0.29) is 0 Å². The molecule has 2 heterocycles. The zero-order chi connectivity index (χ0) is 36.8. The van der Waals surface area contributed by atoms with Gasteiger partial charge in [-0.05, 0) is 41.5 Å². The molecule has 9 rings (SSSR count). The molecule has 6 nitrogen and oxygen atoms in total. The van der Waals surface area contributed by atoms with Crippen LogP contribution in [0.5, 0.6) is 0 Å². The van der Waals surface area contributed by atoms with Gasteiger partial charge in [0.25, 0.3) is 0 Å². The molecule has 0 N–H and O–H groups in total. The van der Waals surface area contributed by atoms with E-state index in [9.17, 15) is 0 Å². The maximum atomic E-state index is 5.03. The summed E-state index contributed by atoms with van der Waals surface area (Å²) in [6, 6.07) is 65.5. The lowest BCUT2D eigenvalue weighted by Gasteiger charge is -2.11. The van der Waals surface area contributed by atoms with Crippen LogP contribution in [0, 0.1) is 0 Å². The Bertz CT molecular complexity index is 2650. The molecule has 55 heavy (non-hydrogen) atoms. The minimum absolute atomic E-state index is 0.616. The molecular weight excluding hydrogens is 693 g/mol. The van der Waals surface area contributed by atoms with E-state index in [4.69, 9.17) is 29.9 Å². The molecule has 0 bridgehead atoms. The molecule has 7 heteroatoms. The van der Waals surface area contributed by atoms with E-state index >= 15 is 0 Å². The lowest BCUT2D eigenvalue weighted by Crippen LogP contribution is -2.00. The van der Waals surface area contributed by atoms with Crippen LogP contribution in [-0.4, -0.2) is 29.9 Å². The summed E-state index contributed by atoms with van der Waals surface area (Å²) in [7, 11) is 0. The first kappa shape index (κ1) is 33.7. The minimum Gasteiger partial charge on any atom is -0.208 e. The summed E-state index contributed by atoms with van der Waals surface area (Å²) < 4.78 is 0. The van der Waals surface area contributed by atoms with Gasteiger partial charge in [-0.3, -0.25) is 0 Å². The van der Waals surface area contributed by atoms with Crippen molar-refractivity contribution in [1.82, 2.24) is 29.9 Å². The number of hydrogen-bond donors (Lipinski definition) is 0. The second-order valence-corrected chi connectivity index (χ2v) is 14.0. The molecule has 7 aromatic carbocycles. The molecule has 2 aromatic heterocycles. The maximum Gasteiger partial charge on any atom is 0.164 e. The van der Waals surface area contributed by atoms with Crippen LogP contribution in [0.4, 0.5) is 0 Å². The molecular formula is C48H32N6S. The highest BCUT2D eigenvalue weighted by atomic mass is 32.2. The van der Waals surface area contributed by atoms with Gasteiger partial charge in [-0.1, -0.05) is 176 Å². The number of nitrogens with zero attached hydrogens (tertiary/aromatic N) is 6. The number of hydrogen-bond acceptors (Lipinski definition) is 7. The van der Waals surface area contributed by atoms with E-state index in [1.165, 1.54) is 0 Å². The van der Waals surface area contributed by atoms with Crippen LogP contribution in [-0.2, 0) is 0 Å². The predicted octanol–water partition coefficient (Wildman–Crippen LogP) is 11.9. The molecule has 0 unspecified atom stereocenters. The highest BCUT2D eigenvalue weighted by Crippen LogP contribution is 2.34. The highest BCUT2D eigenvalue weighted by Gasteiger charge is 2.15. The molecule has 0 aliphatic heterocycles. The third-order valence-corrected chi connectivity index (χ3v) is 10.0. The Morgan fingerprint density at radius 3 is 1.00 bits per heavy atom. The van der Waals surface area contributed by atoms with E-state index in [2.05, 4.69) is 97.1 Å². The van der Waals surface area contributed by atoms with Crippen molar-refractivity contribution in [3.05, 3.63) is 194 Å². The molecule has 0 radical (unpaired) electrons. The molecule has 9 aromatic rings. The van der Waals surface area contributed by atoms with Crippen LogP contribution >= 0.6 is 11.8 Å². The minimum atomic E-state index is 0.616. The van der Waals surface area contributed by atoms with Gasteiger partial charge >= 0.3 is 0 Å². The predicted molar refractivity (Wildman–Crippen MR) is 222 cm³/mol. The molecule has 0 amide bonds. The average Bonchev–Trinajstić information content (AvgIpc) is 3.28. The van der Waals surface area contributed by atoms with Crippen molar-refractivity contribution in [2.24, 2.45) is 0 Å². The lowest BCUT2D eigenvalue weighted by molar-refractivity contribution is 1.07. The van der Waals surface area contributed by atoms with Crippen LogP contribution in [0.1, 0.15) is 0 Å². The van der Waals surface area contributed by atoms with E-state index in [1.54, 1.807) is 11.8 Å². The summed E-state index contributed by atoms with van der Waals surface area (Å²) in [5.74, 6) is 3.77. The van der Waals surface area contributed by atoms with Gasteiger partial charge in [-0.15, -0.1) is 0 Å². The summed E-state index contributed by atoms with van der Waals surface area (Å²) in [4.78, 5) is 31.7. The second kappa shape index (κ2) is 15.5. The van der Waals surface area contributed by atoms with Gasteiger partial charge in [0.2, 0.25) is 0 Å². The van der Waals surface area contributed by atoms with Crippen LogP contribution < -0.4 is 0 Å². The fraction of sp³-hybridized carbons (Fsp3) is 0. The Balaban J connectivity index is 1.03. The molecule has 0 fully saturated rings. The summed E-state index contributed by atoms with van der Waals surface area (Å²) in [5.41, 5.74) is 7.82.